The molecule has 5 rings (SSSR count). The van der Waals surface area contributed by atoms with E-state index < -0.39 is 17.8 Å². The van der Waals surface area contributed by atoms with Gasteiger partial charge >= 0.3 is 6.18 Å². The Hall–Kier alpha value is -3.43. The number of aliphatic hydroxyl groups excluding tert-OH is 1. The number of aliphatic hydroxyl groups is 1. The first kappa shape index (κ1) is 24.3. The van der Waals surface area contributed by atoms with Crippen molar-refractivity contribution in [2.75, 3.05) is 36.6 Å². The molecule has 0 aliphatic carbocycles. The number of alkyl halides is 3. The first-order valence-electron chi connectivity index (χ1n) is 11.8. The van der Waals surface area contributed by atoms with Gasteiger partial charge < -0.3 is 20.1 Å². The van der Waals surface area contributed by atoms with Crippen LogP contribution in [0.2, 0.25) is 0 Å². The summed E-state index contributed by atoms with van der Waals surface area (Å²) in [7, 11) is 0. The summed E-state index contributed by atoms with van der Waals surface area (Å²) in [6.07, 6.45) is -2.88. The normalized spacial score (nSPS) is 19.4. The summed E-state index contributed by atoms with van der Waals surface area (Å²) in [5, 5.41) is 12.6. The molecule has 0 radical (unpaired) electrons. The molecule has 2 aliphatic rings. The summed E-state index contributed by atoms with van der Waals surface area (Å²) in [5.74, 6) is -0.524. The van der Waals surface area contributed by atoms with Crippen molar-refractivity contribution in [1.82, 2.24) is 4.98 Å². The maximum absolute atomic E-state index is 13.0. The number of nitrogens with zero attached hydrogens (tertiary/aromatic N) is 2. The molecule has 188 valence electrons. The summed E-state index contributed by atoms with van der Waals surface area (Å²) < 4.78 is 44.7. The molecule has 0 spiro atoms. The van der Waals surface area contributed by atoms with Gasteiger partial charge in [-0.2, -0.15) is 13.2 Å². The highest BCUT2D eigenvalue weighted by atomic mass is 19.4. The van der Waals surface area contributed by atoms with Gasteiger partial charge in [0, 0.05) is 42.2 Å². The summed E-state index contributed by atoms with van der Waals surface area (Å²) in [6.45, 7) is 4.04. The minimum Gasteiger partial charge on any atom is -0.396 e. The molecule has 1 amide bonds. The topological polar surface area (TPSA) is 74.7 Å². The van der Waals surface area contributed by atoms with Crippen LogP contribution in [-0.2, 0) is 17.3 Å². The Kier molecular flexibility index (Phi) is 6.44. The second kappa shape index (κ2) is 9.55. The molecule has 2 N–H and O–H groups in total. The molecule has 0 bridgehead atoms. The minimum atomic E-state index is -4.63. The zero-order chi connectivity index (χ0) is 25.4. The van der Waals surface area contributed by atoms with E-state index in [9.17, 15) is 23.1 Å². The largest absolute Gasteiger partial charge is 0.433 e. The van der Waals surface area contributed by atoms with Gasteiger partial charge in [0.1, 0.15) is 5.69 Å². The van der Waals surface area contributed by atoms with Crippen molar-refractivity contribution in [2.24, 2.45) is 5.92 Å². The van der Waals surface area contributed by atoms with Crippen molar-refractivity contribution >= 4 is 17.3 Å². The number of rotatable bonds is 4. The van der Waals surface area contributed by atoms with Gasteiger partial charge in [0.25, 0.3) is 5.91 Å². The zero-order valence-corrected chi connectivity index (χ0v) is 19.7. The second-order valence-electron chi connectivity index (χ2n) is 9.24. The number of amides is 1. The SMILES string of the molecule is Cc1ccc(NC(=O)c2ccnc(C(F)(F)F)c2)cc1-c1ccc2c(c1)N1CCOCC1C(CO)C2. The molecular formula is C27H26F3N3O3. The van der Waals surface area contributed by atoms with Crippen molar-refractivity contribution < 1.29 is 27.8 Å². The molecule has 9 heteroatoms. The number of benzene rings is 2. The maximum atomic E-state index is 13.0. The molecule has 1 saturated heterocycles. The summed E-state index contributed by atoms with van der Waals surface area (Å²) in [4.78, 5) is 18.3. The van der Waals surface area contributed by atoms with Crippen molar-refractivity contribution in [3.05, 3.63) is 77.1 Å². The Morgan fingerprint density at radius 3 is 2.81 bits per heavy atom. The van der Waals surface area contributed by atoms with E-state index in [0.717, 1.165) is 47.6 Å². The fourth-order valence-electron chi connectivity index (χ4n) is 5.03. The smallest absolute Gasteiger partial charge is 0.396 e. The van der Waals surface area contributed by atoms with Crippen LogP contribution in [0.25, 0.3) is 11.1 Å². The number of hydrogen-bond acceptors (Lipinski definition) is 5. The van der Waals surface area contributed by atoms with Gasteiger partial charge in [-0.1, -0.05) is 18.2 Å². The number of pyridine rings is 1. The van der Waals surface area contributed by atoms with E-state index in [1.54, 1.807) is 6.07 Å². The molecule has 2 atom stereocenters. The van der Waals surface area contributed by atoms with Gasteiger partial charge in [0.15, 0.2) is 0 Å². The predicted octanol–water partition coefficient (Wildman–Crippen LogP) is 4.70. The first-order chi connectivity index (χ1) is 17.2. The average Bonchev–Trinajstić information content (AvgIpc) is 2.88. The third-order valence-corrected chi connectivity index (χ3v) is 6.94. The molecule has 1 aromatic heterocycles. The fourth-order valence-corrected chi connectivity index (χ4v) is 5.03. The number of ether oxygens (including phenoxy) is 1. The minimum absolute atomic E-state index is 0.106. The highest BCUT2D eigenvalue weighted by Crippen LogP contribution is 2.39. The van der Waals surface area contributed by atoms with Crippen molar-refractivity contribution in [1.29, 1.82) is 0 Å². The molecule has 36 heavy (non-hydrogen) atoms. The second-order valence-corrected chi connectivity index (χ2v) is 9.24. The van der Waals surface area contributed by atoms with Crippen molar-refractivity contribution in [3.63, 3.8) is 0 Å². The lowest BCUT2D eigenvalue weighted by molar-refractivity contribution is -0.141. The average molecular weight is 498 g/mol. The monoisotopic (exact) mass is 497 g/mol. The van der Waals surface area contributed by atoms with Crippen LogP contribution in [0.15, 0.2) is 54.7 Å². The van der Waals surface area contributed by atoms with Crippen LogP contribution in [0.4, 0.5) is 24.5 Å². The van der Waals surface area contributed by atoms with Crippen molar-refractivity contribution in [3.8, 4) is 11.1 Å². The number of fused-ring (bicyclic) bond motifs is 3. The van der Waals surface area contributed by atoms with Crippen LogP contribution >= 0.6 is 0 Å². The van der Waals surface area contributed by atoms with E-state index in [4.69, 9.17) is 4.74 Å². The Labute approximate surface area is 206 Å². The van der Waals surface area contributed by atoms with Gasteiger partial charge in [-0.3, -0.25) is 9.78 Å². The fraction of sp³-hybridized carbons (Fsp3) is 0.333. The number of anilines is 2. The van der Waals surface area contributed by atoms with Gasteiger partial charge in [-0.15, -0.1) is 0 Å². The van der Waals surface area contributed by atoms with Gasteiger partial charge in [-0.05, 0) is 65.9 Å². The number of aromatic nitrogens is 1. The van der Waals surface area contributed by atoms with E-state index in [-0.39, 0.29) is 24.1 Å². The van der Waals surface area contributed by atoms with E-state index in [1.807, 2.05) is 25.1 Å². The van der Waals surface area contributed by atoms with Crippen LogP contribution in [0, 0.1) is 12.8 Å². The zero-order valence-electron chi connectivity index (χ0n) is 19.7. The molecule has 6 nitrogen and oxygen atoms in total. The highest BCUT2D eigenvalue weighted by molar-refractivity contribution is 6.04. The number of aryl methyl sites for hydroxylation is 1. The molecule has 0 saturated carbocycles. The lowest BCUT2D eigenvalue weighted by atomic mass is 9.84. The van der Waals surface area contributed by atoms with Crippen LogP contribution in [0.3, 0.4) is 0 Å². The predicted molar refractivity (Wildman–Crippen MR) is 130 cm³/mol. The Morgan fingerprint density at radius 2 is 2.03 bits per heavy atom. The number of carbonyl (C=O) groups is 1. The third kappa shape index (κ3) is 4.68. The van der Waals surface area contributed by atoms with Gasteiger partial charge in [0.2, 0.25) is 0 Å². The number of nitrogens with one attached hydrogen (secondary N) is 1. The molecule has 1 fully saturated rings. The summed E-state index contributed by atoms with van der Waals surface area (Å²) in [5.41, 5.74) is 4.43. The van der Waals surface area contributed by atoms with Crippen LogP contribution in [-0.4, -0.2) is 48.4 Å². The van der Waals surface area contributed by atoms with Gasteiger partial charge in [-0.25, -0.2) is 0 Å². The summed E-state index contributed by atoms with van der Waals surface area (Å²) >= 11 is 0. The van der Waals surface area contributed by atoms with Crippen LogP contribution in [0.5, 0.6) is 0 Å². The molecule has 2 aliphatic heterocycles. The number of hydrogen-bond donors (Lipinski definition) is 2. The molecule has 2 aromatic carbocycles. The summed E-state index contributed by atoms with van der Waals surface area (Å²) in [6, 6.07) is 13.8. The van der Waals surface area contributed by atoms with Crippen molar-refractivity contribution in [2.45, 2.75) is 25.6 Å². The van der Waals surface area contributed by atoms with Crippen LogP contribution in [0.1, 0.15) is 27.2 Å². The number of carbonyl (C=O) groups excluding carboxylic acids is 1. The number of halogens is 3. The molecule has 2 unspecified atom stereocenters. The Morgan fingerprint density at radius 1 is 1.19 bits per heavy atom. The van der Waals surface area contributed by atoms with E-state index in [0.29, 0.717) is 18.9 Å². The highest BCUT2D eigenvalue weighted by Gasteiger charge is 2.36. The molecule has 3 aromatic rings. The molecule has 3 heterocycles. The Balaban J connectivity index is 1.43. The standard InChI is InChI=1S/C27H26F3N3O3/c1-16-2-5-21(32-26(35)19-6-7-31-25(12-19)27(28,29)30)13-22(16)17-3-4-18-10-20(14-34)24-15-36-9-8-33(24)23(18)11-17/h2-7,11-13,20,24,34H,8-10,14-15H2,1H3,(H,32,35). The van der Waals surface area contributed by atoms with E-state index in [1.165, 1.54) is 11.6 Å². The first-order valence-corrected chi connectivity index (χ1v) is 11.8. The van der Waals surface area contributed by atoms with Gasteiger partial charge in [0.05, 0.1) is 19.3 Å². The lowest BCUT2D eigenvalue weighted by Gasteiger charge is -2.46. The number of morpholine rings is 1. The van der Waals surface area contributed by atoms with E-state index in [2.05, 4.69) is 27.3 Å². The van der Waals surface area contributed by atoms with Crippen LogP contribution < -0.4 is 10.2 Å². The maximum Gasteiger partial charge on any atom is 0.433 e. The molecular weight excluding hydrogens is 471 g/mol. The lowest BCUT2D eigenvalue weighted by Crippen LogP contribution is -2.53. The Bertz CT molecular complexity index is 1290. The quantitative estimate of drug-likeness (QED) is 0.547. The van der Waals surface area contributed by atoms with E-state index >= 15 is 0 Å². The third-order valence-electron chi connectivity index (χ3n) is 6.94.